The largest absolute Gasteiger partial charge is 0.481 e. The molecule has 0 saturated carbocycles. The average Bonchev–Trinajstić information content (AvgIpc) is 2.54. The smallest absolute Gasteiger partial charge is 0.308 e. The summed E-state index contributed by atoms with van der Waals surface area (Å²) in [4.78, 5) is 15.6. The molecule has 0 bridgehead atoms. The van der Waals surface area contributed by atoms with E-state index in [-0.39, 0.29) is 4.90 Å². The van der Waals surface area contributed by atoms with Gasteiger partial charge in [-0.2, -0.15) is 4.31 Å². The fourth-order valence-corrected chi connectivity index (χ4v) is 5.30. The maximum Gasteiger partial charge on any atom is 0.308 e. The molecule has 2 heterocycles. The van der Waals surface area contributed by atoms with E-state index in [2.05, 4.69) is 4.98 Å². The Morgan fingerprint density at radius 2 is 2.12 bits per heavy atom. The summed E-state index contributed by atoms with van der Waals surface area (Å²) < 4.78 is 27.6. The molecule has 1 saturated heterocycles. The predicted molar refractivity (Wildman–Crippen MR) is 90.5 cm³/mol. The van der Waals surface area contributed by atoms with Crippen molar-refractivity contribution in [1.82, 2.24) is 9.29 Å². The van der Waals surface area contributed by atoms with Gasteiger partial charge in [-0.15, -0.1) is 0 Å². The second-order valence-corrected chi connectivity index (χ2v) is 8.15. The summed E-state index contributed by atoms with van der Waals surface area (Å²) in [5.74, 6) is -1.68. The number of benzene rings is 1. The number of aliphatic carboxylic acids is 1. The number of hydrogen-bond acceptors (Lipinski definition) is 4. The quantitative estimate of drug-likeness (QED) is 0.900. The van der Waals surface area contributed by atoms with Crippen LogP contribution in [0.25, 0.3) is 10.9 Å². The normalized spacial score (nSPS) is 22.6. The van der Waals surface area contributed by atoms with Gasteiger partial charge in [-0.05, 0) is 31.9 Å². The molecule has 1 aromatic carbocycles. The van der Waals surface area contributed by atoms with E-state index in [4.69, 9.17) is 11.6 Å². The summed E-state index contributed by atoms with van der Waals surface area (Å²) in [7, 11) is -3.87. The Bertz CT molecular complexity index is 900. The van der Waals surface area contributed by atoms with Crippen molar-refractivity contribution in [3.63, 3.8) is 0 Å². The molecular formula is C16H17ClN2O4S. The van der Waals surface area contributed by atoms with Crippen LogP contribution in [0.2, 0.25) is 5.02 Å². The number of aromatic nitrogens is 1. The molecule has 2 aromatic rings. The van der Waals surface area contributed by atoms with Crippen LogP contribution in [0.15, 0.2) is 35.4 Å². The topological polar surface area (TPSA) is 87.6 Å². The van der Waals surface area contributed by atoms with Crippen molar-refractivity contribution in [2.75, 3.05) is 6.54 Å². The molecular weight excluding hydrogens is 352 g/mol. The van der Waals surface area contributed by atoms with Crippen LogP contribution < -0.4 is 0 Å². The molecule has 0 amide bonds. The number of sulfonamides is 1. The molecule has 1 aliphatic heterocycles. The van der Waals surface area contributed by atoms with Crippen molar-refractivity contribution in [3.8, 4) is 0 Å². The molecule has 0 aliphatic carbocycles. The van der Waals surface area contributed by atoms with E-state index in [0.717, 1.165) is 0 Å². The highest BCUT2D eigenvalue weighted by atomic mass is 35.5. The van der Waals surface area contributed by atoms with Crippen LogP contribution in [0.5, 0.6) is 0 Å². The van der Waals surface area contributed by atoms with E-state index in [9.17, 15) is 18.3 Å². The molecule has 128 valence electrons. The third kappa shape index (κ3) is 2.76. The van der Waals surface area contributed by atoms with Gasteiger partial charge in [0, 0.05) is 24.2 Å². The van der Waals surface area contributed by atoms with Gasteiger partial charge in [0.2, 0.25) is 10.0 Å². The molecule has 1 fully saturated rings. The Kier molecular flexibility index (Phi) is 4.50. The number of carbonyl (C=O) groups is 1. The molecule has 8 heteroatoms. The van der Waals surface area contributed by atoms with E-state index in [1.807, 2.05) is 0 Å². The molecule has 24 heavy (non-hydrogen) atoms. The molecule has 2 atom stereocenters. The van der Waals surface area contributed by atoms with Gasteiger partial charge in [0.15, 0.2) is 0 Å². The number of carboxylic acid groups (broad SMARTS) is 1. The Balaban J connectivity index is 2.12. The number of halogens is 1. The van der Waals surface area contributed by atoms with Crippen LogP contribution in [0, 0.1) is 5.92 Å². The van der Waals surface area contributed by atoms with Crippen LogP contribution in [0.1, 0.15) is 19.8 Å². The number of para-hydroxylation sites is 1. The minimum Gasteiger partial charge on any atom is -0.481 e. The average molecular weight is 369 g/mol. The molecule has 1 aliphatic rings. The van der Waals surface area contributed by atoms with E-state index in [1.54, 1.807) is 25.1 Å². The summed E-state index contributed by atoms with van der Waals surface area (Å²) in [6, 6.07) is 5.80. The lowest BCUT2D eigenvalue weighted by Gasteiger charge is -2.36. The van der Waals surface area contributed by atoms with Crippen molar-refractivity contribution >= 4 is 38.5 Å². The first kappa shape index (κ1) is 17.1. The fourth-order valence-electron chi connectivity index (χ4n) is 3.23. The SMILES string of the molecule is C[C@@H]1[C@H](C(=O)O)CCCN1S(=O)(=O)c1cccc2c(Cl)ccnc12. The molecule has 0 spiro atoms. The Labute approximate surface area is 145 Å². The van der Waals surface area contributed by atoms with Gasteiger partial charge in [-0.25, -0.2) is 8.42 Å². The van der Waals surface area contributed by atoms with E-state index < -0.39 is 28.0 Å². The molecule has 0 radical (unpaired) electrons. The molecule has 3 rings (SSSR count). The molecule has 0 unspecified atom stereocenters. The van der Waals surface area contributed by atoms with E-state index >= 15 is 0 Å². The maximum atomic E-state index is 13.1. The number of carboxylic acids is 1. The zero-order valence-electron chi connectivity index (χ0n) is 13.0. The first-order valence-corrected chi connectivity index (χ1v) is 9.43. The highest BCUT2D eigenvalue weighted by molar-refractivity contribution is 7.89. The second-order valence-electron chi connectivity index (χ2n) is 5.89. The number of pyridine rings is 1. The van der Waals surface area contributed by atoms with Crippen LogP contribution in [0.4, 0.5) is 0 Å². The fraction of sp³-hybridized carbons (Fsp3) is 0.375. The van der Waals surface area contributed by atoms with Crippen LogP contribution >= 0.6 is 11.6 Å². The van der Waals surface area contributed by atoms with Gasteiger partial charge < -0.3 is 5.11 Å². The summed E-state index contributed by atoms with van der Waals surface area (Å²) in [6.07, 6.45) is 2.45. The first-order chi connectivity index (χ1) is 11.3. The summed E-state index contributed by atoms with van der Waals surface area (Å²) >= 11 is 6.13. The van der Waals surface area contributed by atoms with Gasteiger partial charge in [-0.3, -0.25) is 9.78 Å². The van der Waals surface area contributed by atoms with Crippen LogP contribution in [-0.4, -0.2) is 41.4 Å². The van der Waals surface area contributed by atoms with Gasteiger partial charge in [0.05, 0.1) is 16.5 Å². The van der Waals surface area contributed by atoms with E-state index in [0.29, 0.717) is 35.3 Å². The molecule has 6 nitrogen and oxygen atoms in total. The van der Waals surface area contributed by atoms with Gasteiger partial charge in [0.25, 0.3) is 0 Å². The van der Waals surface area contributed by atoms with Crippen molar-refractivity contribution < 1.29 is 18.3 Å². The lowest BCUT2D eigenvalue weighted by Crippen LogP contribution is -2.49. The van der Waals surface area contributed by atoms with Gasteiger partial charge in [-0.1, -0.05) is 23.7 Å². The number of rotatable bonds is 3. The molecule has 1 N–H and O–H groups in total. The zero-order valence-corrected chi connectivity index (χ0v) is 14.6. The monoisotopic (exact) mass is 368 g/mol. The first-order valence-electron chi connectivity index (χ1n) is 7.62. The van der Waals surface area contributed by atoms with Crippen molar-refractivity contribution in [2.45, 2.75) is 30.7 Å². The van der Waals surface area contributed by atoms with Crippen LogP contribution in [-0.2, 0) is 14.8 Å². The van der Waals surface area contributed by atoms with Crippen molar-refractivity contribution in [2.24, 2.45) is 5.92 Å². The Hall–Kier alpha value is -1.70. The number of hydrogen-bond donors (Lipinski definition) is 1. The predicted octanol–water partition coefficient (Wildman–Crippen LogP) is 2.76. The van der Waals surface area contributed by atoms with Crippen LogP contribution in [0.3, 0.4) is 0 Å². The molecule has 1 aromatic heterocycles. The van der Waals surface area contributed by atoms with Crippen molar-refractivity contribution in [3.05, 3.63) is 35.5 Å². The minimum atomic E-state index is -3.87. The van der Waals surface area contributed by atoms with Gasteiger partial charge in [0.1, 0.15) is 4.90 Å². The third-order valence-corrected chi connectivity index (χ3v) is 6.86. The summed E-state index contributed by atoms with van der Waals surface area (Å²) in [5.41, 5.74) is 0.301. The number of fused-ring (bicyclic) bond motifs is 1. The number of piperidine rings is 1. The Morgan fingerprint density at radius 3 is 2.83 bits per heavy atom. The third-order valence-electron chi connectivity index (χ3n) is 4.51. The highest BCUT2D eigenvalue weighted by Crippen LogP contribution is 2.33. The standard InChI is InChI=1S/C16H17ClN2O4S/c1-10-11(16(20)21)5-3-9-19(10)24(22,23)14-6-2-4-12-13(17)7-8-18-15(12)14/h2,4,6-8,10-11H,3,5,9H2,1H3,(H,20,21)/t10-,11-/m1/s1. The van der Waals surface area contributed by atoms with Gasteiger partial charge >= 0.3 is 5.97 Å². The lowest BCUT2D eigenvalue weighted by molar-refractivity contribution is -0.144. The number of nitrogens with zero attached hydrogens (tertiary/aromatic N) is 2. The second kappa shape index (κ2) is 6.31. The Morgan fingerprint density at radius 1 is 1.38 bits per heavy atom. The zero-order chi connectivity index (χ0) is 17.5. The lowest BCUT2D eigenvalue weighted by atomic mass is 9.92. The van der Waals surface area contributed by atoms with Crippen molar-refractivity contribution in [1.29, 1.82) is 0 Å². The summed E-state index contributed by atoms with van der Waals surface area (Å²) in [6.45, 7) is 1.94. The highest BCUT2D eigenvalue weighted by Gasteiger charge is 2.40. The van der Waals surface area contributed by atoms with E-state index in [1.165, 1.54) is 16.6 Å². The maximum absolute atomic E-state index is 13.1. The minimum absolute atomic E-state index is 0.0559. The summed E-state index contributed by atoms with van der Waals surface area (Å²) in [5, 5.41) is 10.3.